The van der Waals surface area contributed by atoms with Crippen LogP contribution >= 0.6 is 23.2 Å². The first-order valence-electron chi connectivity index (χ1n) is 5.71. The molecule has 4 heteroatoms. The van der Waals surface area contributed by atoms with Crippen LogP contribution in [0.4, 0.5) is 11.4 Å². The van der Waals surface area contributed by atoms with E-state index in [0.717, 1.165) is 24.5 Å². The zero-order valence-corrected chi connectivity index (χ0v) is 11.2. The van der Waals surface area contributed by atoms with Crippen LogP contribution in [0.2, 0.25) is 10.0 Å². The number of rotatable bonds is 1. The summed E-state index contributed by atoms with van der Waals surface area (Å²) in [6, 6.07) is 11.8. The number of anilines is 2. The minimum absolute atomic E-state index is 0.585. The summed E-state index contributed by atoms with van der Waals surface area (Å²) < 4.78 is 0. The molecular weight excluding hydrogens is 267 g/mol. The van der Waals surface area contributed by atoms with E-state index in [0.29, 0.717) is 10.0 Å². The number of hydrogen-bond acceptors (Lipinski definition) is 2. The Morgan fingerprint density at radius 3 is 2.44 bits per heavy atom. The van der Waals surface area contributed by atoms with Crippen LogP contribution in [0.3, 0.4) is 0 Å². The lowest BCUT2D eigenvalue weighted by Gasteiger charge is -2.18. The zero-order valence-electron chi connectivity index (χ0n) is 9.66. The van der Waals surface area contributed by atoms with Crippen LogP contribution in [0.25, 0.3) is 0 Å². The molecule has 0 unspecified atom stereocenters. The van der Waals surface area contributed by atoms with E-state index in [1.807, 2.05) is 30.3 Å². The molecule has 0 saturated carbocycles. The summed E-state index contributed by atoms with van der Waals surface area (Å²) in [6.45, 7) is 1.74. The van der Waals surface area contributed by atoms with Crippen molar-refractivity contribution in [3.05, 3.63) is 57.6 Å². The molecule has 0 amide bonds. The fourth-order valence-electron chi connectivity index (χ4n) is 2.28. The normalized spacial score (nSPS) is 13.8. The van der Waals surface area contributed by atoms with Gasteiger partial charge in [0.05, 0.1) is 10.0 Å². The van der Waals surface area contributed by atoms with E-state index in [1.165, 1.54) is 11.1 Å². The van der Waals surface area contributed by atoms with Crippen LogP contribution < -0.4 is 10.6 Å². The molecule has 0 radical (unpaired) electrons. The molecule has 2 aromatic rings. The van der Waals surface area contributed by atoms with Crippen molar-refractivity contribution in [2.75, 3.05) is 10.6 Å². The minimum atomic E-state index is 0.585. The summed E-state index contributed by atoms with van der Waals surface area (Å²) in [5.74, 6) is 0. The van der Waals surface area contributed by atoms with Crippen molar-refractivity contribution in [1.82, 2.24) is 0 Å². The summed E-state index contributed by atoms with van der Waals surface area (Å²) in [7, 11) is 0. The molecule has 1 aliphatic heterocycles. The van der Waals surface area contributed by atoms with Gasteiger partial charge in [-0.15, -0.1) is 0 Å². The Bertz CT molecular complexity index is 611. The smallest absolute Gasteiger partial charge is 0.0612 e. The van der Waals surface area contributed by atoms with E-state index in [-0.39, 0.29) is 0 Å². The third kappa shape index (κ3) is 2.02. The van der Waals surface area contributed by atoms with E-state index < -0.39 is 0 Å². The number of hydrogen-bond donors (Lipinski definition) is 1. The number of fused-ring (bicyclic) bond motifs is 1. The van der Waals surface area contributed by atoms with Crippen molar-refractivity contribution in [2.45, 2.75) is 13.1 Å². The van der Waals surface area contributed by atoms with Crippen LogP contribution in [0.15, 0.2) is 36.4 Å². The highest BCUT2D eigenvalue weighted by Crippen LogP contribution is 2.33. The molecule has 0 bridgehead atoms. The third-order valence-electron chi connectivity index (χ3n) is 3.22. The number of nitrogens with zero attached hydrogens (tertiary/aromatic N) is 1. The van der Waals surface area contributed by atoms with Gasteiger partial charge in [0.1, 0.15) is 0 Å². The quantitative estimate of drug-likeness (QED) is 0.796. The molecule has 0 spiro atoms. The molecule has 1 heterocycles. The van der Waals surface area contributed by atoms with Gasteiger partial charge in [-0.1, -0.05) is 29.3 Å². The number of halogens is 2. The van der Waals surface area contributed by atoms with Crippen LogP contribution in [-0.2, 0) is 13.1 Å². The molecule has 2 N–H and O–H groups in total. The first-order chi connectivity index (χ1) is 8.63. The maximum absolute atomic E-state index is 6.05. The lowest BCUT2D eigenvalue weighted by atomic mass is 10.1. The van der Waals surface area contributed by atoms with Crippen molar-refractivity contribution in [1.29, 1.82) is 0 Å². The molecule has 18 heavy (non-hydrogen) atoms. The summed E-state index contributed by atoms with van der Waals surface area (Å²) in [6.07, 6.45) is 0. The molecule has 0 fully saturated rings. The number of nitrogens with two attached hydrogens (primary N) is 1. The van der Waals surface area contributed by atoms with Gasteiger partial charge in [-0.25, -0.2) is 0 Å². The molecule has 0 aliphatic carbocycles. The number of nitrogen functional groups attached to an aromatic ring is 1. The van der Waals surface area contributed by atoms with Gasteiger partial charge in [-0.05, 0) is 41.5 Å². The Morgan fingerprint density at radius 2 is 1.67 bits per heavy atom. The predicted octanol–water partition coefficient (Wildman–Crippen LogP) is 4.10. The molecule has 3 rings (SSSR count). The summed E-state index contributed by atoms with van der Waals surface area (Å²) >= 11 is 12.0. The van der Waals surface area contributed by atoms with E-state index in [2.05, 4.69) is 11.0 Å². The Kier molecular flexibility index (Phi) is 2.84. The van der Waals surface area contributed by atoms with Crippen molar-refractivity contribution in [2.24, 2.45) is 0 Å². The van der Waals surface area contributed by atoms with Gasteiger partial charge < -0.3 is 10.6 Å². The Morgan fingerprint density at radius 1 is 0.889 bits per heavy atom. The summed E-state index contributed by atoms with van der Waals surface area (Å²) in [5, 5.41) is 1.17. The molecule has 92 valence electrons. The molecule has 0 saturated heterocycles. The maximum Gasteiger partial charge on any atom is 0.0612 e. The van der Waals surface area contributed by atoms with E-state index in [9.17, 15) is 0 Å². The average molecular weight is 279 g/mol. The third-order valence-corrected chi connectivity index (χ3v) is 3.96. The fraction of sp³-hybridized carbons (Fsp3) is 0.143. The van der Waals surface area contributed by atoms with Crippen LogP contribution in [0.1, 0.15) is 11.1 Å². The molecule has 0 atom stereocenters. The standard InChI is InChI=1S/C14H12Cl2N2/c15-13-4-3-12(6-14(13)16)18-7-9-1-2-11(17)5-10(9)8-18/h1-6H,7-8,17H2. The topological polar surface area (TPSA) is 29.3 Å². The van der Waals surface area contributed by atoms with Crippen LogP contribution in [0.5, 0.6) is 0 Å². The lowest BCUT2D eigenvalue weighted by molar-refractivity contribution is 0.881. The van der Waals surface area contributed by atoms with Crippen molar-refractivity contribution >= 4 is 34.6 Å². The SMILES string of the molecule is Nc1ccc2c(c1)CN(c1ccc(Cl)c(Cl)c1)C2. The monoisotopic (exact) mass is 278 g/mol. The maximum atomic E-state index is 6.05. The predicted molar refractivity (Wildman–Crippen MR) is 77.2 cm³/mol. The van der Waals surface area contributed by atoms with Gasteiger partial charge in [0.15, 0.2) is 0 Å². The Labute approximate surface area is 116 Å². The van der Waals surface area contributed by atoms with Crippen molar-refractivity contribution in [3.63, 3.8) is 0 Å². The summed E-state index contributed by atoms with van der Waals surface area (Å²) in [4.78, 5) is 2.26. The van der Waals surface area contributed by atoms with E-state index >= 15 is 0 Å². The second-order valence-electron chi connectivity index (χ2n) is 4.48. The van der Waals surface area contributed by atoms with Gasteiger partial charge >= 0.3 is 0 Å². The van der Waals surface area contributed by atoms with Crippen LogP contribution in [0, 0.1) is 0 Å². The highest BCUT2D eigenvalue weighted by Gasteiger charge is 2.19. The molecule has 2 nitrogen and oxygen atoms in total. The van der Waals surface area contributed by atoms with Gasteiger partial charge in [0, 0.05) is 24.5 Å². The highest BCUT2D eigenvalue weighted by atomic mass is 35.5. The first kappa shape index (κ1) is 11.7. The van der Waals surface area contributed by atoms with E-state index in [4.69, 9.17) is 28.9 Å². The van der Waals surface area contributed by atoms with Gasteiger partial charge in [0.25, 0.3) is 0 Å². The number of benzene rings is 2. The molecular formula is C14H12Cl2N2. The van der Waals surface area contributed by atoms with Gasteiger partial charge in [0.2, 0.25) is 0 Å². The van der Waals surface area contributed by atoms with Crippen LogP contribution in [-0.4, -0.2) is 0 Å². The summed E-state index contributed by atoms with van der Waals surface area (Å²) in [5.41, 5.74) is 10.3. The molecule has 1 aliphatic rings. The molecule has 0 aromatic heterocycles. The fourth-order valence-corrected chi connectivity index (χ4v) is 2.57. The van der Waals surface area contributed by atoms with Gasteiger partial charge in [-0.3, -0.25) is 0 Å². The Hall–Kier alpha value is -1.38. The second kappa shape index (κ2) is 4.38. The average Bonchev–Trinajstić information content (AvgIpc) is 2.75. The van der Waals surface area contributed by atoms with Crippen molar-refractivity contribution < 1.29 is 0 Å². The Balaban J connectivity index is 1.91. The van der Waals surface area contributed by atoms with Gasteiger partial charge in [-0.2, -0.15) is 0 Å². The molecule has 2 aromatic carbocycles. The largest absolute Gasteiger partial charge is 0.399 e. The van der Waals surface area contributed by atoms with E-state index in [1.54, 1.807) is 0 Å². The zero-order chi connectivity index (χ0) is 12.7. The minimum Gasteiger partial charge on any atom is -0.399 e. The van der Waals surface area contributed by atoms with Crippen molar-refractivity contribution in [3.8, 4) is 0 Å². The second-order valence-corrected chi connectivity index (χ2v) is 5.30. The lowest BCUT2D eigenvalue weighted by Crippen LogP contribution is -2.14. The highest BCUT2D eigenvalue weighted by molar-refractivity contribution is 6.42. The first-order valence-corrected chi connectivity index (χ1v) is 6.46.